The van der Waals surface area contributed by atoms with Crippen molar-refractivity contribution in [3.8, 4) is 5.75 Å². The molecule has 0 radical (unpaired) electrons. The van der Waals surface area contributed by atoms with Crippen molar-refractivity contribution in [2.45, 2.75) is 9.92 Å². The molecule has 0 aliphatic carbocycles. The van der Waals surface area contributed by atoms with Gasteiger partial charge in [0.05, 0.1) is 18.4 Å². The maximum atomic E-state index is 13.9. The summed E-state index contributed by atoms with van der Waals surface area (Å²) in [5, 5.41) is 3.36. The van der Waals surface area contributed by atoms with Crippen molar-refractivity contribution in [3.05, 3.63) is 71.7 Å². The fraction of sp³-hybridized carbons (Fsp3) is 0.0952. The van der Waals surface area contributed by atoms with Crippen LogP contribution >= 0.6 is 11.8 Å². The number of aromatic nitrogens is 1. The van der Waals surface area contributed by atoms with Gasteiger partial charge in [-0.05, 0) is 48.5 Å². The van der Waals surface area contributed by atoms with Crippen LogP contribution in [-0.2, 0) is 0 Å². The lowest BCUT2D eigenvalue weighted by atomic mass is 10.2. The number of methoxy groups -OCH3 is 1. The third-order valence-electron chi connectivity index (χ3n) is 4.51. The van der Waals surface area contributed by atoms with Crippen LogP contribution in [0.3, 0.4) is 0 Å². The monoisotopic (exact) mass is 409 g/mol. The first-order chi connectivity index (χ1) is 14.0. The average molecular weight is 409 g/mol. The molecule has 0 unspecified atom stereocenters. The van der Waals surface area contributed by atoms with Crippen molar-refractivity contribution < 1.29 is 18.7 Å². The fourth-order valence-electron chi connectivity index (χ4n) is 2.99. The van der Waals surface area contributed by atoms with E-state index in [0.717, 1.165) is 11.0 Å². The highest BCUT2D eigenvalue weighted by molar-refractivity contribution is 7.99. The summed E-state index contributed by atoms with van der Waals surface area (Å²) in [5.74, 6) is -1.14. The van der Waals surface area contributed by atoms with Gasteiger partial charge in [0, 0.05) is 29.4 Å². The molecule has 1 aromatic heterocycles. The molecule has 0 saturated heterocycles. The quantitative estimate of drug-likeness (QED) is 0.701. The molecular weight excluding hydrogens is 393 g/mol. The number of pyridine rings is 1. The zero-order valence-electron chi connectivity index (χ0n) is 15.6. The van der Waals surface area contributed by atoms with Crippen molar-refractivity contribution in [1.29, 1.82) is 0 Å². The lowest BCUT2D eigenvalue weighted by molar-refractivity contribution is 0.0987. The van der Waals surface area contributed by atoms with Crippen LogP contribution in [0.5, 0.6) is 5.75 Å². The maximum Gasteiger partial charge on any atom is 0.260 e. The highest BCUT2D eigenvalue weighted by Crippen LogP contribution is 2.41. The molecular formula is C21H16FN3O3S. The normalized spacial score (nSPS) is 12.7. The Morgan fingerprint density at radius 3 is 2.79 bits per heavy atom. The number of amides is 2. The summed E-state index contributed by atoms with van der Waals surface area (Å²) >= 11 is 1.35. The van der Waals surface area contributed by atoms with E-state index >= 15 is 0 Å². The summed E-state index contributed by atoms with van der Waals surface area (Å²) in [6, 6.07) is 12.7. The van der Waals surface area contributed by atoms with E-state index in [4.69, 9.17) is 4.74 Å². The number of anilines is 2. The highest BCUT2D eigenvalue weighted by Gasteiger charge is 2.25. The van der Waals surface area contributed by atoms with Crippen molar-refractivity contribution in [2.75, 3.05) is 24.4 Å². The predicted molar refractivity (Wildman–Crippen MR) is 108 cm³/mol. The SMILES string of the molecule is COc1ccc(C(=O)Nc2ccc3c(c2)Sc2ncccc2C(=O)N3C)cc1F. The number of rotatable bonds is 3. The van der Waals surface area contributed by atoms with Gasteiger partial charge in [-0.1, -0.05) is 11.8 Å². The molecule has 4 rings (SSSR count). The van der Waals surface area contributed by atoms with Crippen molar-refractivity contribution in [2.24, 2.45) is 0 Å². The number of halogens is 1. The second-order valence-corrected chi connectivity index (χ2v) is 7.34. The number of nitrogens with zero attached hydrogens (tertiary/aromatic N) is 2. The summed E-state index contributed by atoms with van der Waals surface area (Å²) in [6.07, 6.45) is 1.63. The van der Waals surface area contributed by atoms with Crippen molar-refractivity contribution >= 4 is 35.0 Å². The van der Waals surface area contributed by atoms with Crippen LogP contribution in [0, 0.1) is 5.82 Å². The first-order valence-electron chi connectivity index (χ1n) is 8.68. The number of carbonyl (C=O) groups excluding carboxylic acids is 2. The van der Waals surface area contributed by atoms with E-state index < -0.39 is 11.7 Å². The van der Waals surface area contributed by atoms with Gasteiger partial charge in [0.1, 0.15) is 5.03 Å². The summed E-state index contributed by atoms with van der Waals surface area (Å²) in [4.78, 5) is 31.8. The Bertz CT molecular complexity index is 1140. The number of benzene rings is 2. The highest BCUT2D eigenvalue weighted by atomic mass is 32.2. The Morgan fingerprint density at radius 1 is 1.21 bits per heavy atom. The lowest BCUT2D eigenvalue weighted by Crippen LogP contribution is -2.26. The minimum atomic E-state index is -0.611. The largest absolute Gasteiger partial charge is 0.494 e. The molecule has 0 saturated carbocycles. The molecule has 1 aliphatic rings. The van der Waals surface area contributed by atoms with E-state index in [0.29, 0.717) is 22.0 Å². The van der Waals surface area contributed by atoms with Gasteiger partial charge >= 0.3 is 0 Å². The number of nitrogens with one attached hydrogen (secondary N) is 1. The number of hydrogen-bond donors (Lipinski definition) is 1. The molecule has 2 heterocycles. The third-order valence-corrected chi connectivity index (χ3v) is 5.57. The zero-order valence-corrected chi connectivity index (χ0v) is 16.4. The van der Waals surface area contributed by atoms with E-state index in [1.165, 1.54) is 31.0 Å². The Labute approximate surface area is 170 Å². The molecule has 1 aliphatic heterocycles. The number of fused-ring (bicyclic) bond motifs is 2. The molecule has 29 heavy (non-hydrogen) atoms. The molecule has 1 N–H and O–H groups in total. The first-order valence-corrected chi connectivity index (χ1v) is 9.49. The van der Waals surface area contributed by atoms with Crippen LogP contribution in [0.4, 0.5) is 15.8 Å². The van der Waals surface area contributed by atoms with Crippen LogP contribution in [0.15, 0.2) is 64.6 Å². The Balaban J connectivity index is 1.64. The van der Waals surface area contributed by atoms with E-state index in [1.807, 2.05) is 0 Å². The second-order valence-electron chi connectivity index (χ2n) is 6.31. The topological polar surface area (TPSA) is 71.5 Å². The summed E-state index contributed by atoms with van der Waals surface area (Å²) in [5.41, 5.74) is 1.94. The smallest absolute Gasteiger partial charge is 0.260 e. The number of ether oxygens (including phenoxy) is 1. The molecule has 2 amide bonds. The molecule has 0 fully saturated rings. The van der Waals surface area contributed by atoms with Crippen LogP contribution < -0.4 is 15.0 Å². The van der Waals surface area contributed by atoms with E-state index in [1.54, 1.807) is 48.5 Å². The minimum absolute atomic E-state index is 0.0712. The molecule has 3 aromatic rings. The average Bonchev–Trinajstić information content (AvgIpc) is 2.83. The lowest BCUT2D eigenvalue weighted by Gasteiger charge is -2.18. The Hall–Kier alpha value is -3.39. The van der Waals surface area contributed by atoms with Crippen LogP contribution in [-0.4, -0.2) is 31.0 Å². The van der Waals surface area contributed by atoms with Gasteiger partial charge in [0.2, 0.25) is 0 Å². The van der Waals surface area contributed by atoms with E-state index in [9.17, 15) is 14.0 Å². The van der Waals surface area contributed by atoms with Crippen molar-refractivity contribution in [3.63, 3.8) is 0 Å². The van der Waals surface area contributed by atoms with Crippen LogP contribution in [0.2, 0.25) is 0 Å². The van der Waals surface area contributed by atoms with E-state index in [2.05, 4.69) is 10.3 Å². The molecule has 2 aromatic carbocycles. The number of carbonyl (C=O) groups is 2. The second kappa shape index (κ2) is 7.56. The molecule has 0 bridgehead atoms. The summed E-state index contributed by atoms with van der Waals surface area (Å²) < 4.78 is 18.8. The Kier molecular flexibility index (Phi) is 4.94. The first kappa shape index (κ1) is 18.9. The molecule has 8 heteroatoms. The molecule has 0 spiro atoms. The zero-order chi connectivity index (χ0) is 20.5. The van der Waals surface area contributed by atoms with Crippen LogP contribution in [0.25, 0.3) is 0 Å². The summed E-state index contributed by atoms with van der Waals surface area (Å²) in [7, 11) is 3.06. The van der Waals surface area contributed by atoms with Gasteiger partial charge in [-0.15, -0.1) is 0 Å². The van der Waals surface area contributed by atoms with Gasteiger partial charge in [0.15, 0.2) is 11.6 Å². The fourth-order valence-corrected chi connectivity index (χ4v) is 4.07. The standard InChI is InChI=1S/C21H16FN3O3S/c1-25-16-7-6-13(24-19(26)12-5-8-17(28-2)15(22)10-12)11-18(16)29-20-14(21(25)27)4-3-9-23-20/h3-11H,1-2H3,(H,24,26). The van der Waals surface area contributed by atoms with Gasteiger partial charge < -0.3 is 15.0 Å². The summed E-state index contributed by atoms with van der Waals surface area (Å²) in [6.45, 7) is 0. The molecule has 6 nitrogen and oxygen atoms in total. The maximum absolute atomic E-state index is 13.9. The molecule has 0 atom stereocenters. The van der Waals surface area contributed by atoms with Crippen molar-refractivity contribution in [1.82, 2.24) is 4.98 Å². The van der Waals surface area contributed by atoms with Gasteiger partial charge in [-0.2, -0.15) is 0 Å². The number of hydrogen-bond acceptors (Lipinski definition) is 5. The Morgan fingerprint density at radius 2 is 2.03 bits per heavy atom. The third kappa shape index (κ3) is 3.54. The minimum Gasteiger partial charge on any atom is -0.494 e. The van der Waals surface area contributed by atoms with Crippen LogP contribution in [0.1, 0.15) is 20.7 Å². The van der Waals surface area contributed by atoms with Gasteiger partial charge in [-0.25, -0.2) is 9.37 Å². The van der Waals surface area contributed by atoms with Gasteiger partial charge in [0.25, 0.3) is 11.8 Å². The van der Waals surface area contributed by atoms with E-state index in [-0.39, 0.29) is 17.2 Å². The predicted octanol–water partition coefficient (Wildman–Crippen LogP) is 4.22. The van der Waals surface area contributed by atoms with Gasteiger partial charge in [-0.3, -0.25) is 9.59 Å². The molecule has 146 valence electrons.